The summed E-state index contributed by atoms with van der Waals surface area (Å²) >= 11 is 0. The predicted molar refractivity (Wildman–Crippen MR) is 386 cm³/mol. The number of aliphatic hydroxyl groups is 1. The molecule has 17 nitrogen and oxygen atoms in total. The van der Waals surface area contributed by atoms with Crippen molar-refractivity contribution < 1.29 is 80.2 Å². The molecule has 0 saturated heterocycles. The summed E-state index contributed by atoms with van der Waals surface area (Å²) in [5.74, 6) is -0.589. The Morgan fingerprint density at radius 2 is 0.621 bits per heavy atom. The molecule has 0 amide bonds. The fourth-order valence-electron chi connectivity index (χ4n) is 11.1. The van der Waals surface area contributed by atoms with E-state index in [9.17, 15) is 43.2 Å². The van der Waals surface area contributed by atoms with E-state index < -0.39 is 97.5 Å². The van der Waals surface area contributed by atoms with Gasteiger partial charge in [0.15, 0.2) is 12.2 Å². The summed E-state index contributed by atoms with van der Waals surface area (Å²) < 4.78 is 68.5. The Morgan fingerprint density at radius 3 is 0.947 bits per heavy atom. The van der Waals surface area contributed by atoms with Crippen molar-refractivity contribution in [3.8, 4) is 0 Å². The van der Waals surface area contributed by atoms with Gasteiger partial charge in [-0.3, -0.25) is 37.3 Å². The highest BCUT2D eigenvalue weighted by atomic mass is 31.2. The molecule has 0 aromatic rings. The van der Waals surface area contributed by atoms with E-state index in [-0.39, 0.29) is 25.7 Å². The van der Waals surface area contributed by atoms with Gasteiger partial charge in [0.25, 0.3) is 0 Å². The first-order valence-electron chi connectivity index (χ1n) is 38.8. The van der Waals surface area contributed by atoms with Crippen molar-refractivity contribution in [1.29, 1.82) is 0 Å². The number of carbonyl (C=O) groups excluding carboxylic acids is 4. The fourth-order valence-corrected chi connectivity index (χ4v) is 12.7. The number of rotatable bonds is 73. The molecule has 0 aliphatic rings. The molecule has 0 radical (unpaired) electrons. The van der Waals surface area contributed by atoms with Gasteiger partial charge in [-0.2, -0.15) is 0 Å². The van der Waals surface area contributed by atoms with E-state index in [2.05, 4.69) is 65.8 Å². The molecule has 95 heavy (non-hydrogen) atoms. The van der Waals surface area contributed by atoms with Gasteiger partial charge in [0.2, 0.25) is 0 Å². The Morgan fingerprint density at radius 1 is 0.347 bits per heavy atom. The lowest BCUT2D eigenvalue weighted by atomic mass is 9.99. The zero-order chi connectivity index (χ0) is 70.0. The number of aliphatic hydroxyl groups excluding tert-OH is 1. The maximum absolute atomic E-state index is 13.1. The number of carbonyl (C=O) groups is 4. The topological polar surface area (TPSA) is 237 Å². The highest BCUT2D eigenvalue weighted by Crippen LogP contribution is 2.45. The van der Waals surface area contributed by atoms with Crippen LogP contribution in [0.15, 0.2) is 24.3 Å². The fraction of sp³-hybridized carbons (Fsp3) is 0.895. The molecule has 6 atom stereocenters. The number of hydrogen-bond acceptors (Lipinski definition) is 15. The van der Waals surface area contributed by atoms with Crippen molar-refractivity contribution in [3.05, 3.63) is 24.3 Å². The number of esters is 4. The number of unbranched alkanes of at least 4 members (excludes halogenated alkanes) is 39. The Balaban J connectivity index is 5.31. The van der Waals surface area contributed by atoms with Crippen molar-refractivity contribution >= 4 is 39.5 Å². The molecule has 3 unspecified atom stereocenters. The number of ether oxygens (including phenoxy) is 4. The van der Waals surface area contributed by atoms with Crippen LogP contribution in [0.4, 0.5) is 0 Å². The van der Waals surface area contributed by atoms with E-state index in [1.54, 1.807) is 0 Å². The third-order valence-electron chi connectivity index (χ3n) is 17.4. The third kappa shape index (κ3) is 68.5. The van der Waals surface area contributed by atoms with Gasteiger partial charge >= 0.3 is 39.5 Å². The van der Waals surface area contributed by atoms with Crippen molar-refractivity contribution in [3.63, 3.8) is 0 Å². The largest absolute Gasteiger partial charge is 0.472 e. The summed E-state index contributed by atoms with van der Waals surface area (Å²) in [7, 11) is -9.92. The maximum Gasteiger partial charge on any atom is 0.472 e. The first-order chi connectivity index (χ1) is 45.9. The minimum atomic E-state index is -4.97. The van der Waals surface area contributed by atoms with E-state index in [1.165, 1.54) is 173 Å². The lowest BCUT2D eigenvalue weighted by molar-refractivity contribution is -0.161. The molecular formula is C76H144O17P2. The average Bonchev–Trinajstić information content (AvgIpc) is 3.38. The third-order valence-corrected chi connectivity index (χ3v) is 19.3. The first-order valence-corrected chi connectivity index (χ1v) is 41.8. The Hall–Kier alpha value is -2.46. The average molecular weight is 1390 g/mol. The second-order valence-electron chi connectivity index (χ2n) is 27.4. The van der Waals surface area contributed by atoms with E-state index in [4.69, 9.17) is 37.0 Å². The van der Waals surface area contributed by atoms with Crippen LogP contribution in [0, 0.1) is 11.8 Å². The molecule has 0 aliphatic heterocycles. The zero-order valence-corrected chi connectivity index (χ0v) is 63.2. The minimum Gasteiger partial charge on any atom is -0.462 e. The Kier molecular flexibility index (Phi) is 65.6. The molecule has 0 fully saturated rings. The van der Waals surface area contributed by atoms with Gasteiger partial charge in [0.05, 0.1) is 26.4 Å². The van der Waals surface area contributed by atoms with E-state index >= 15 is 0 Å². The molecule has 0 aliphatic carbocycles. The maximum atomic E-state index is 13.1. The lowest BCUT2D eigenvalue weighted by Gasteiger charge is -2.21. The summed E-state index contributed by atoms with van der Waals surface area (Å²) in [6, 6.07) is 0. The van der Waals surface area contributed by atoms with Crippen LogP contribution in [0.5, 0.6) is 0 Å². The number of allylic oxidation sites excluding steroid dienone is 4. The predicted octanol–water partition coefficient (Wildman–Crippen LogP) is 21.9. The van der Waals surface area contributed by atoms with Crippen molar-refractivity contribution in [2.45, 2.75) is 387 Å². The number of hydrogen-bond donors (Lipinski definition) is 3. The zero-order valence-electron chi connectivity index (χ0n) is 61.5. The molecule has 0 aromatic carbocycles. The Labute approximate surface area is 580 Å². The van der Waals surface area contributed by atoms with E-state index in [0.29, 0.717) is 25.7 Å². The SMILES string of the molecule is CCCCCC/C=C\C=C/CCCCCCCC(=O)O[C@H](COC(=O)CCCCCCCCCCCCCCC(C)C)COP(=O)(O)OC[C@@H](O)COP(=O)(O)OC[C@@H](COC(=O)CCCCCCCCCCC(C)CC)OC(=O)CCCCCCCCCCCCCCC. The second-order valence-corrected chi connectivity index (χ2v) is 30.3. The molecule has 560 valence electrons. The summed E-state index contributed by atoms with van der Waals surface area (Å²) in [6.45, 7) is 9.54. The van der Waals surface area contributed by atoms with Gasteiger partial charge in [-0.25, -0.2) is 9.13 Å². The van der Waals surface area contributed by atoms with Gasteiger partial charge < -0.3 is 33.8 Å². The second kappa shape index (κ2) is 67.4. The number of phosphoric ester groups is 2. The van der Waals surface area contributed by atoms with Crippen molar-refractivity contribution in [2.24, 2.45) is 11.8 Å². The monoisotopic (exact) mass is 1390 g/mol. The van der Waals surface area contributed by atoms with Crippen LogP contribution < -0.4 is 0 Å². The van der Waals surface area contributed by atoms with Gasteiger partial charge in [-0.1, -0.05) is 316 Å². The molecule has 0 bridgehead atoms. The van der Waals surface area contributed by atoms with Crippen LogP contribution in [0.25, 0.3) is 0 Å². The lowest BCUT2D eigenvalue weighted by Crippen LogP contribution is -2.30. The molecule has 0 saturated carbocycles. The smallest absolute Gasteiger partial charge is 0.462 e. The Bertz CT molecular complexity index is 1930. The van der Waals surface area contributed by atoms with Crippen LogP contribution >= 0.6 is 15.6 Å². The summed E-state index contributed by atoms with van der Waals surface area (Å²) in [5, 5.41) is 10.6. The van der Waals surface area contributed by atoms with Gasteiger partial charge in [0, 0.05) is 25.7 Å². The molecule has 0 aromatic heterocycles. The molecule has 3 N–H and O–H groups in total. The normalized spacial score (nSPS) is 14.5. The molecule has 0 spiro atoms. The van der Waals surface area contributed by atoms with Crippen LogP contribution in [0.1, 0.15) is 369 Å². The molecular weight excluding hydrogens is 1250 g/mol. The highest BCUT2D eigenvalue weighted by Gasteiger charge is 2.30. The molecule has 0 heterocycles. The van der Waals surface area contributed by atoms with Gasteiger partial charge in [-0.05, 0) is 63.2 Å². The summed E-state index contributed by atoms with van der Waals surface area (Å²) in [6.07, 6.45) is 57.5. The van der Waals surface area contributed by atoms with Crippen LogP contribution in [-0.4, -0.2) is 96.7 Å². The summed E-state index contributed by atoms with van der Waals surface area (Å²) in [5.41, 5.74) is 0. The van der Waals surface area contributed by atoms with Gasteiger partial charge in [0.1, 0.15) is 19.3 Å². The van der Waals surface area contributed by atoms with E-state index in [1.807, 2.05) is 0 Å². The standard InChI is InChI=1S/C76H144O17P2/c1-7-10-12-14-16-18-20-22-23-25-31-35-43-49-55-61-76(81)92-71(64-86-73(78)58-52-46-40-33-29-27-26-28-32-38-44-50-56-68(4)5)66-90-94(82,83)88-62-70(77)63-89-95(84,85)91-67-72(65-87-74(79)59-53-47-41-37-36-39-45-51-57-69(6)9-3)93-75(80)60-54-48-42-34-30-24-21-19-17-15-13-11-8-2/h18,20,22-23,68-72,77H,7-17,19,21,24-67H2,1-6H3,(H,82,83)(H,84,85)/b20-18-,23-22-/t69?,70-,71-,72-/m1/s1. The van der Waals surface area contributed by atoms with Crippen LogP contribution in [0.2, 0.25) is 0 Å². The van der Waals surface area contributed by atoms with Gasteiger partial charge in [-0.15, -0.1) is 0 Å². The minimum absolute atomic E-state index is 0.0850. The summed E-state index contributed by atoms with van der Waals surface area (Å²) in [4.78, 5) is 72.8. The first kappa shape index (κ1) is 92.5. The van der Waals surface area contributed by atoms with E-state index in [0.717, 1.165) is 115 Å². The van der Waals surface area contributed by atoms with Crippen LogP contribution in [-0.2, 0) is 65.4 Å². The van der Waals surface area contributed by atoms with Crippen LogP contribution in [0.3, 0.4) is 0 Å². The quantitative estimate of drug-likeness (QED) is 0.0169. The van der Waals surface area contributed by atoms with Crippen molar-refractivity contribution in [2.75, 3.05) is 39.6 Å². The van der Waals surface area contributed by atoms with Crippen molar-refractivity contribution in [1.82, 2.24) is 0 Å². The highest BCUT2D eigenvalue weighted by molar-refractivity contribution is 7.47. The number of phosphoric acid groups is 2. The molecule has 19 heteroatoms. The molecule has 0 rings (SSSR count).